The fraction of sp³-hybridized carbons (Fsp3) is 0.538. The van der Waals surface area contributed by atoms with Gasteiger partial charge in [0.1, 0.15) is 5.69 Å². The van der Waals surface area contributed by atoms with Gasteiger partial charge in [0.05, 0.1) is 18.1 Å². The van der Waals surface area contributed by atoms with E-state index >= 15 is 0 Å². The molecule has 5 nitrogen and oxygen atoms in total. The van der Waals surface area contributed by atoms with Gasteiger partial charge in [-0.05, 0) is 24.3 Å². The Bertz CT molecular complexity index is 513. The minimum Gasteiger partial charge on any atom is -0.494 e. The van der Waals surface area contributed by atoms with Crippen molar-refractivity contribution in [1.29, 1.82) is 0 Å². The summed E-state index contributed by atoms with van der Waals surface area (Å²) in [6.07, 6.45) is 3.05. The fourth-order valence-corrected chi connectivity index (χ4v) is 3.25. The molecule has 1 saturated heterocycles. The molecule has 0 saturated carbocycles. The Balaban J connectivity index is 2.32. The SMILES string of the molecule is COc1cc(N2CC[C@H](CSC)C2)c([N+](=O)[O-])cc1F. The molecular formula is C13H17FN2O3S. The summed E-state index contributed by atoms with van der Waals surface area (Å²) in [4.78, 5) is 12.5. The van der Waals surface area contributed by atoms with Crippen LogP contribution in [0.2, 0.25) is 0 Å². The predicted octanol–water partition coefficient (Wildman–Crippen LogP) is 2.93. The van der Waals surface area contributed by atoms with Crippen molar-refractivity contribution in [3.8, 4) is 5.75 Å². The normalized spacial score (nSPS) is 18.4. The average Bonchev–Trinajstić information content (AvgIpc) is 2.87. The van der Waals surface area contributed by atoms with Gasteiger partial charge in [0.25, 0.3) is 5.69 Å². The van der Waals surface area contributed by atoms with E-state index in [2.05, 4.69) is 0 Å². The van der Waals surface area contributed by atoms with E-state index in [4.69, 9.17) is 4.74 Å². The number of hydrogen-bond donors (Lipinski definition) is 0. The van der Waals surface area contributed by atoms with E-state index in [0.717, 1.165) is 31.3 Å². The molecule has 1 aliphatic rings. The molecule has 0 radical (unpaired) electrons. The van der Waals surface area contributed by atoms with Crippen LogP contribution in [0.25, 0.3) is 0 Å². The summed E-state index contributed by atoms with van der Waals surface area (Å²) >= 11 is 1.77. The molecule has 1 heterocycles. The summed E-state index contributed by atoms with van der Waals surface area (Å²) in [6, 6.07) is 2.37. The van der Waals surface area contributed by atoms with Crippen LogP contribution < -0.4 is 9.64 Å². The van der Waals surface area contributed by atoms with E-state index in [1.165, 1.54) is 13.2 Å². The molecular weight excluding hydrogens is 283 g/mol. The molecule has 1 aromatic carbocycles. The molecule has 0 spiro atoms. The van der Waals surface area contributed by atoms with Crippen LogP contribution in [-0.4, -0.2) is 37.1 Å². The Labute approximate surface area is 121 Å². The van der Waals surface area contributed by atoms with Crippen LogP contribution in [0, 0.1) is 21.8 Å². The number of thioether (sulfide) groups is 1. The number of hydrogen-bond acceptors (Lipinski definition) is 5. The van der Waals surface area contributed by atoms with Gasteiger partial charge in [-0.3, -0.25) is 10.1 Å². The molecule has 0 aliphatic carbocycles. The van der Waals surface area contributed by atoms with Gasteiger partial charge >= 0.3 is 0 Å². The lowest BCUT2D eigenvalue weighted by molar-refractivity contribution is -0.384. The third-order valence-electron chi connectivity index (χ3n) is 3.47. The summed E-state index contributed by atoms with van der Waals surface area (Å²) < 4.78 is 18.5. The Morgan fingerprint density at radius 3 is 2.95 bits per heavy atom. The first-order chi connectivity index (χ1) is 9.56. The van der Waals surface area contributed by atoms with Crippen LogP contribution in [0.5, 0.6) is 5.75 Å². The molecule has 2 rings (SSSR count). The number of nitro benzene ring substituents is 1. The first kappa shape index (κ1) is 14.9. The maximum Gasteiger partial charge on any atom is 0.295 e. The van der Waals surface area contributed by atoms with Gasteiger partial charge in [-0.15, -0.1) is 0 Å². The maximum atomic E-state index is 13.6. The second kappa shape index (κ2) is 6.30. The molecule has 1 fully saturated rings. The van der Waals surface area contributed by atoms with E-state index in [1.54, 1.807) is 11.8 Å². The Morgan fingerprint density at radius 2 is 2.35 bits per heavy atom. The Kier molecular flexibility index (Phi) is 4.69. The predicted molar refractivity (Wildman–Crippen MR) is 78.3 cm³/mol. The van der Waals surface area contributed by atoms with E-state index in [1.807, 2.05) is 11.2 Å². The molecule has 1 aromatic rings. The summed E-state index contributed by atoms with van der Waals surface area (Å²) in [7, 11) is 1.36. The number of nitrogens with zero attached hydrogens (tertiary/aromatic N) is 2. The smallest absolute Gasteiger partial charge is 0.295 e. The van der Waals surface area contributed by atoms with Crippen LogP contribution in [0.1, 0.15) is 6.42 Å². The van der Waals surface area contributed by atoms with Gasteiger partial charge in [-0.1, -0.05) is 0 Å². The van der Waals surface area contributed by atoms with Crippen molar-refractivity contribution in [2.45, 2.75) is 6.42 Å². The average molecular weight is 300 g/mol. The largest absolute Gasteiger partial charge is 0.494 e. The standard InChI is InChI=1S/C13H17FN2O3S/c1-19-13-6-11(12(16(17)18)5-10(13)14)15-4-3-9(7-15)8-20-2/h5-6,9H,3-4,7-8H2,1-2H3/t9-/m0/s1. The van der Waals surface area contributed by atoms with Gasteiger partial charge in [0.2, 0.25) is 0 Å². The van der Waals surface area contributed by atoms with E-state index in [9.17, 15) is 14.5 Å². The van der Waals surface area contributed by atoms with Gasteiger partial charge in [-0.2, -0.15) is 11.8 Å². The summed E-state index contributed by atoms with van der Waals surface area (Å²) in [5.74, 6) is 0.880. The monoisotopic (exact) mass is 300 g/mol. The molecule has 7 heteroatoms. The van der Waals surface area contributed by atoms with Crippen molar-refractivity contribution >= 4 is 23.1 Å². The zero-order valence-electron chi connectivity index (χ0n) is 11.5. The van der Waals surface area contributed by atoms with Gasteiger partial charge in [0.15, 0.2) is 11.6 Å². The number of ether oxygens (including phenoxy) is 1. The molecule has 0 bridgehead atoms. The number of benzene rings is 1. The highest BCUT2D eigenvalue weighted by molar-refractivity contribution is 7.98. The van der Waals surface area contributed by atoms with Crippen molar-refractivity contribution in [3.63, 3.8) is 0 Å². The summed E-state index contributed by atoms with van der Waals surface area (Å²) in [6.45, 7) is 1.51. The topological polar surface area (TPSA) is 55.6 Å². The minimum atomic E-state index is -0.706. The molecule has 0 amide bonds. The zero-order chi connectivity index (χ0) is 14.7. The molecule has 0 aromatic heterocycles. The fourth-order valence-electron chi connectivity index (χ4n) is 2.51. The van der Waals surface area contributed by atoms with Gasteiger partial charge in [-0.25, -0.2) is 4.39 Å². The highest BCUT2D eigenvalue weighted by Crippen LogP contribution is 2.37. The van der Waals surface area contributed by atoms with E-state index in [-0.39, 0.29) is 11.4 Å². The van der Waals surface area contributed by atoms with Crippen molar-refractivity contribution in [1.82, 2.24) is 0 Å². The third kappa shape index (κ3) is 2.98. The van der Waals surface area contributed by atoms with Crippen LogP contribution >= 0.6 is 11.8 Å². The number of methoxy groups -OCH3 is 1. The van der Waals surface area contributed by atoms with Gasteiger partial charge < -0.3 is 9.64 Å². The quantitative estimate of drug-likeness (QED) is 0.618. The van der Waals surface area contributed by atoms with E-state index in [0.29, 0.717) is 11.6 Å². The minimum absolute atomic E-state index is 0.0407. The maximum absolute atomic E-state index is 13.6. The Hall–Kier alpha value is -1.50. The number of rotatable bonds is 5. The van der Waals surface area contributed by atoms with Crippen molar-refractivity contribution in [2.75, 3.05) is 37.1 Å². The van der Waals surface area contributed by atoms with Gasteiger partial charge in [0, 0.05) is 19.2 Å². The van der Waals surface area contributed by atoms with Crippen LogP contribution in [-0.2, 0) is 0 Å². The van der Waals surface area contributed by atoms with Crippen LogP contribution in [0.4, 0.5) is 15.8 Å². The lowest BCUT2D eigenvalue weighted by Crippen LogP contribution is -2.21. The van der Waals surface area contributed by atoms with Crippen molar-refractivity contribution in [3.05, 3.63) is 28.1 Å². The van der Waals surface area contributed by atoms with E-state index < -0.39 is 10.7 Å². The molecule has 20 heavy (non-hydrogen) atoms. The number of halogens is 1. The second-order valence-corrected chi connectivity index (χ2v) is 5.70. The van der Waals surface area contributed by atoms with Crippen molar-refractivity contribution < 1.29 is 14.1 Å². The summed E-state index contributed by atoms with van der Waals surface area (Å²) in [5, 5.41) is 11.1. The zero-order valence-corrected chi connectivity index (χ0v) is 12.3. The first-order valence-electron chi connectivity index (χ1n) is 6.32. The second-order valence-electron chi connectivity index (χ2n) is 4.79. The number of nitro groups is 1. The molecule has 1 aliphatic heterocycles. The summed E-state index contributed by atoms with van der Waals surface area (Å²) in [5.41, 5.74) is 0.241. The highest BCUT2D eigenvalue weighted by Gasteiger charge is 2.29. The van der Waals surface area contributed by atoms with Crippen LogP contribution in [0.15, 0.2) is 12.1 Å². The highest BCUT2D eigenvalue weighted by atomic mass is 32.2. The lowest BCUT2D eigenvalue weighted by atomic mass is 10.1. The number of anilines is 1. The molecule has 0 N–H and O–H groups in total. The lowest BCUT2D eigenvalue weighted by Gasteiger charge is -2.19. The first-order valence-corrected chi connectivity index (χ1v) is 7.72. The Morgan fingerprint density at radius 1 is 1.60 bits per heavy atom. The third-order valence-corrected chi connectivity index (χ3v) is 4.28. The molecule has 1 atom stereocenters. The van der Waals surface area contributed by atoms with Crippen molar-refractivity contribution in [2.24, 2.45) is 5.92 Å². The van der Waals surface area contributed by atoms with Crippen LogP contribution in [0.3, 0.4) is 0 Å². The molecule has 0 unspecified atom stereocenters. The molecule has 110 valence electrons.